The van der Waals surface area contributed by atoms with Crippen molar-refractivity contribution >= 4 is 5.91 Å². The summed E-state index contributed by atoms with van der Waals surface area (Å²) >= 11 is 0. The molecule has 0 spiro atoms. The highest BCUT2D eigenvalue weighted by Crippen LogP contribution is 2.28. The molecule has 19 heavy (non-hydrogen) atoms. The minimum atomic E-state index is -0.387. The molecule has 3 heteroatoms. The Balaban J connectivity index is 2.18. The van der Waals surface area contributed by atoms with Crippen LogP contribution < -0.4 is 5.32 Å². The molecular formula is C16H24N2O. The first kappa shape index (κ1) is 14.1. The number of hydrogen-bond acceptors (Lipinski definition) is 2. The first-order valence-corrected chi connectivity index (χ1v) is 7.09. The molecule has 1 unspecified atom stereocenters. The van der Waals surface area contributed by atoms with Crippen LogP contribution in [0.4, 0.5) is 0 Å². The SMILES string of the molecule is CC(C)CC1(C)C(=O)NCCN1Cc1ccccc1. The summed E-state index contributed by atoms with van der Waals surface area (Å²) in [5, 5.41) is 3.01. The van der Waals surface area contributed by atoms with Crippen molar-refractivity contribution in [2.45, 2.75) is 39.3 Å². The van der Waals surface area contributed by atoms with Crippen LogP contribution in [0.5, 0.6) is 0 Å². The van der Waals surface area contributed by atoms with Gasteiger partial charge >= 0.3 is 0 Å². The summed E-state index contributed by atoms with van der Waals surface area (Å²) < 4.78 is 0. The summed E-state index contributed by atoms with van der Waals surface area (Å²) in [6.45, 7) is 8.94. The van der Waals surface area contributed by atoms with Crippen LogP contribution in [0.15, 0.2) is 30.3 Å². The first-order valence-electron chi connectivity index (χ1n) is 7.09. The van der Waals surface area contributed by atoms with Gasteiger partial charge < -0.3 is 5.32 Å². The van der Waals surface area contributed by atoms with Crippen molar-refractivity contribution < 1.29 is 4.79 Å². The lowest BCUT2D eigenvalue weighted by molar-refractivity contribution is -0.138. The van der Waals surface area contributed by atoms with E-state index in [1.54, 1.807) is 0 Å². The zero-order chi connectivity index (χ0) is 13.9. The molecule has 1 N–H and O–H groups in total. The molecule has 1 saturated heterocycles. The summed E-state index contributed by atoms with van der Waals surface area (Å²) in [5.41, 5.74) is 0.884. The van der Waals surface area contributed by atoms with Crippen LogP contribution >= 0.6 is 0 Å². The Morgan fingerprint density at radius 1 is 1.32 bits per heavy atom. The second-order valence-corrected chi connectivity index (χ2v) is 6.03. The lowest BCUT2D eigenvalue weighted by Gasteiger charge is -2.44. The van der Waals surface area contributed by atoms with Gasteiger partial charge in [-0.1, -0.05) is 44.2 Å². The number of hydrogen-bond donors (Lipinski definition) is 1. The maximum absolute atomic E-state index is 12.3. The minimum absolute atomic E-state index is 0.170. The lowest BCUT2D eigenvalue weighted by atomic mass is 9.86. The molecule has 1 amide bonds. The average Bonchev–Trinajstić information content (AvgIpc) is 2.36. The molecule has 1 aromatic rings. The third-order valence-corrected chi connectivity index (χ3v) is 3.88. The van der Waals surface area contributed by atoms with Gasteiger partial charge in [-0.05, 0) is 24.8 Å². The van der Waals surface area contributed by atoms with E-state index in [2.05, 4.69) is 55.3 Å². The van der Waals surface area contributed by atoms with Crippen molar-refractivity contribution in [1.29, 1.82) is 0 Å². The van der Waals surface area contributed by atoms with Crippen LogP contribution in [-0.4, -0.2) is 29.4 Å². The predicted octanol–water partition coefficient (Wildman–Crippen LogP) is 2.42. The monoisotopic (exact) mass is 260 g/mol. The van der Waals surface area contributed by atoms with E-state index in [9.17, 15) is 4.79 Å². The summed E-state index contributed by atoms with van der Waals surface area (Å²) in [6.07, 6.45) is 0.895. The number of benzene rings is 1. The third kappa shape index (κ3) is 3.16. The predicted molar refractivity (Wildman–Crippen MR) is 77.7 cm³/mol. The Bertz CT molecular complexity index is 430. The van der Waals surface area contributed by atoms with E-state index >= 15 is 0 Å². The maximum atomic E-state index is 12.3. The molecule has 104 valence electrons. The minimum Gasteiger partial charge on any atom is -0.353 e. The Morgan fingerprint density at radius 3 is 2.63 bits per heavy atom. The molecule has 0 radical (unpaired) electrons. The number of nitrogens with one attached hydrogen (secondary N) is 1. The van der Waals surface area contributed by atoms with Crippen LogP contribution in [-0.2, 0) is 11.3 Å². The number of carbonyl (C=O) groups excluding carboxylic acids is 1. The Hall–Kier alpha value is -1.35. The quantitative estimate of drug-likeness (QED) is 0.901. The lowest BCUT2D eigenvalue weighted by Crippen LogP contribution is -2.63. The van der Waals surface area contributed by atoms with Crippen molar-refractivity contribution in [3.05, 3.63) is 35.9 Å². The fraction of sp³-hybridized carbons (Fsp3) is 0.562. The van der Waals surface area contributed by atoms with Gasteiger partial charge in [0.25, 0.3) is 0 Å². The van der Waals surface area contributed by atoms with E-state index < -0.39 is 0 Å². The largest absolute Gasteiger partial charge is 0.353 e. The molecule has 1 aliphatic rings. The average molecular weight is 260 g/mol. The zero-order valence-electron chi connectivity index (χ0n) is 12.1. The second kappa shape index (κ2) is 5.74. The molecule has 0 aromatic heterocycles. The van der Waals surface area contributed by atoms with E-state index in [0.717, 1.165) is 26.1 Å². The normalized spacial score (nSPS) is 24.5. The van der Waals surface area contributed by atoms with E-state index in [-0.39, 0.29) is 11.4 Å². The van der Waals surface area contributed by atoms with Gasteiger partial charge in [-0.3, -0.25) is 9.69 Å². The highest BCUT2D eigenvalue weighted by Gasteiger charge is 2.42. The smallest absolute Gasteiger partial charge is 0.240 e. The fourth-order valence-corrected chi connectivity index (χ4v) is 2.96. The molecule has 0 saturated carbocycles. The van der Waals surface area contributed by atoms with Crippen LogP contribution in [0, 0.1) is 5.92 Å². The van der Waals surface area contributed by atoms with Crippen molar-refractivity contribution in [3.8, 4) is 0 Å². The molecule has 2 rings (SSSR count). The van der Waals surface area contributed by atoms with Crippen LogP contribution in [0.2, 0.25) is 0 Å². The van der Waals surface area contributed by atoms with Gasteiger partial charge in [0, 0.05) is 19.6 Å². The summed E-state index contributed by atoms with van der Waals surface area (Å²) in [5.74, 6) is 0.676. The number of piperazine rings is 1. The number of carbonyl (C=O) groups is 1. The van der Waals surface area contributed by atoms with Gasteiger partial charge in [0.05, 0.1) is 5.54 Å². The Labute approximate surface area is 116 Å². The topological polar surface area (TPSA) is 32.3 Å². The summed E-state index contributed by atoms with van der Waals surface area (Å²) in [7, 11) is 0. The standard InChI is InChI=1S/C16H24N2O/c1-13(2)11-16(3)15(19)17-9-10-18(16)12-14-7-5-4-6-8-14/h4-8,13H,9-12H2,1-3H3,(H,17,19). The van der Waals surface area contributed by atoms with Crippen molar-refractivity contribution in [2.24, 2.45) is 5.92 Å². The zero-order valence-corrected chi connectivity index (χ0v) is 12.1. The van der Waals surface area contributed by atoms with Gasteiger partial charge in [0.15, 0.2) is 0 Å². The fourth-order valence-electron chi connectivity index (χ4n) is 2.96. The van der Waals surface area contributed by atoms with Crippen LogP contribution in [0.25, 0.3) is 0 Å². The van der Waals surface area contributed by atoms with Gasteiger partial charge in [0.1, 0.15) is 0 Å². The number of rotatable bonds is 4. The van der Waals surface area contributed by atoms with E-state index in [1.807, 2.05) is 6.07 Å². The highest BCUT2D eigenvalue weighted by atomic mass is 16.2. The van der Waals surface area contributed by atoms with Crippen molar-refractivity contribution in [2.75, 3.05) is 13.1 Å². The first-order chi connectivity index (χ1) is 9.02. The molecule has 1 heterocycles. The van der Waals surface area contributed by atoms with E-state index in [1.165, 1.54) is 5.56 Å². The third-order valence-electron chi connectivity index (χ3n) is 3.88. The maximum Gasteiger partial charge on any atom is 0.240 e. The Morgan fingerprint density at radius 2 is 2.00 bits per heavy atom. The van der Waals surface area contributed by atoms with Gasteiger partial charge in [-0.25, -0.2) is 0 Å². The molecule has 1 fully saturated rings. The number of amides is 1. The van der Waals surface area contributed by atoms with Gasteiger partial charge in [0.2, 0.25) is 5.91 Å². The highest BCUT2D eigenvalue weighted by molar-refractivity contribution is 5.86. The molecule has 0 aliphatic carbocycles. The molecule has 1 aromatic carbocycles. The molecule has 1 atom stereocenters. The van der Waals surface area contributed by atoms with Crippen molar-refractivity contribution in [1.82, 2.24) is 10.2 Å². The summed E-state index contributed by atoms with van der Waals surface area (Å²) in [6, 6.07) is 10.4. The van der Waals surface area contributed by atoms with E-state index in [0.29, 0.717) is 5.92 Å². The van der Waals surface area contributed by atoms with E-state index in [4.69, 9.17) is 0 Å². The van der Waals surface area contributed by atoms with Crippen LogP contribution in [0.1, 0.15) is 32.8 Å². The van der Waals surface area contributed by atoms with Crippen molar-refractivity contribution in [3.63, 3.8) is 0 Å². The summed E-state index contributed by atoms with van der Waals surface area (Å²) in [4.78, 5) is 14.6. The Kier molecular flexibility index (Phi) is 4.25. The van der Waals surface area contributed by atoms with Gasteiger partial charge in [-0.15, -0.1) is 0 Å². The number of nitrogens with zero attached hydrogens (tertiary/aromatic N) is 1. The van der Waals surface area contributed by atoms with Crippen LogP contribution in [0.3, 0.4) is 0 Å². The van der Waals surface area contributed by atoms with Gasteiger partial charge in [-0.2, -0.15) is 0 Å². The molecule has 0 bridgehead atoms. The molecule has 1 aliphatic heterocycles. The molecular weight excluding hydrogens is 236 g/mol. The molecule has 3 nitrogen and oxygen atoms in total. The second-order valence-electron chi connectivity index (χ2n) is 6.03.